The summed E-state index contributed by atoms with van der Waals surface area (Å²) in [6.45, 7) is 0.420. The Hall–Kier alpha value is -2.43. The van der Waals surface area contributed by atoms with Crippen LogP contribution in [0.4, 0.5) is 0 Å². The van der Waals surface area contributed by atoms with E-state index in [0.717, 1.165) is 16.5 Å². The van der Waals surface area contributed by atoms with E-state index in [9.17, 15) is 9.59 Å². The Labute approximate surface area is 122 Å². The lowest BCUT2D eigenvalue weighted by atomic mass is 10.1. The molecule has 0 radical (unpaired) electrons. The zero-order valence-corrected chi connectivity index (χ0v) is 11.5. The van der Waals surface area contributed by atoms with Crippen molar-refractivity contribution in [1.29, 1.82) is 0 Å². The second kappa shape index (κ2) is 5.16. The molecule has 21 heavy (non-hydrogen) atoms. The number of nitrogens with zero attached hydrogens (tertiary/aromatic N) is 1. The van der Waals surface area contributed by atoms with E-state index in [2.05, 4.69) is 10.3 Å². The van der Waals surface area contributed by atoms with Gasteiger partial charge in [0, 0.05) is 18.1 Å². The Bertz CT molecular complexity index is 702. The van der Waals surface area contributed by atoms with Crippen LogP contribution in [0, 0.1) is 5.41 Å². The first-order chi connectivity index (χ1) is 10.1. The maximum Gasteiger partial charge on any atom is 0.319 e. The fourth-order valence-electron chi connectivity index (χ4n) is 2.51. The number of pyridine rings is 1. The number of carboxylic acids is 1. The topological polar surface area (TPSA) is 79.3 Å². The summed E-state index contributed by atoms with van der Waals surface area (Å²) >= 11 is 0. The van der Waals surface area contributed by atoms with Gasteiger partial charge in [0.1, 0.15) is 5.41 Å². The first kappa shape index (κ1) is 13.5. The molecule has 2 aromatic rings. The van der Waals surface area contributed by atoms with Crippen molar-refractivity contribution in [2.45, 2.75) is 19.3 Å². The number of nitrogens with one attached hydrogen (secondary N) is 1. The molecule has 1 aliphatic rings. The number of fused-ring (bicyclic) bond motifs is 1. The number of amides is 1. The number of rotatable bonds is 5. The first-order valence-electron chi connectivity index (χ1n) is 6.98. The van der Waals surface area contributed by atoms with Crippen LogP contribution < -0.4 is 5.32 Å². The van der Waals surface area contributed by atoms with Gasteiger partial charge in [0.05, 0.1) is 5.52 Å². The number of benzene rings is 1. The van der Waals surface area contributed by atoms with Crippen molar-refractivity contribution in [3.05, 3.63) is 42.1 Å². The second-order valence-electron chi connectivity index (χ2n) is 5.39. The molecular weight excluding hydrogens is 268 g/mol. The molecule has 0 saturated heterocycles. The summed E-state index contributed by atoms with van der Waals surface area (Å²) in [4.78, 5) is 27.3. The summed E-state index contributed by atoms with van der Waals surface area (Å²) in [6.07, 6.45) is 3.25. The van der Waals surface area contributed by atoms with Crippen LogP contribution in [-0.4, -0.2) is 28.5 Å². The Morgan fingerprint density at radius 2 is 2.00 bits per heavy atom. The molecule has 1 aliphatic carbocycles. The molecule has 1 amide bonds. The number of hydrogen-bond acceptors (Lipinski definition) is 3. The molecule has 5 heteroatoms. The van der Waals surface area contributed by atoms with Crippen LogP contribution in [0.5, 0.6) is 0 Å². The van der Waals surface area contributed by atoms with Crippen LogP contribution in [0.3, 0.4) is 0 Å². The van der Waals surface area contributed by atoms with Crippen molar-refractivity contribution >= 4 is 22.8 Å². The Kier molecular flexibility index (Phi) is 3.33. The molecule has 1 aromatic carbocycles. The number of carbonyl (C=O) groups is 2. The van der Waals surface area contributed by atoms with E-state index in [4.69, 9.17) is 5.11 Å². The van der Waals surface area contributed by atoms with Gasteiger partial charge in [0.2, 0.25) is 5.91 Å². The van der Waals surface area contributed by atoms with Crippen LogP contribution in [0.1, 0.15) is 18.4 Å². The predicted octanol–water partition coefficient (Wildman–Crippen LogP) is 1.76. The standard InChI is InChI=1S/C16H16N2O3/c19-14(16(7-8-16)15(20)21)18-10-6-12-4-1-3-11-5-2-9-17-13(11)12/h1-5,9H,6-8,10H2,(H,18,19)(H,20,21). The van der Waals surface area contributed by atoms with Gasteiger partial charge >= 0.3 is 5.97 Å². The summed E-state index contributed by atoms with van der Waals surface area (Å²) in [5, 5.41) is 12.9. The molecule has 0 bridgehead atoms. The van der Waals surface area contributed by atoms with Crippen LogP contribution in [0.2, 0.25) is 0 Å². The Morgan fingerprint density at radius 1 is 1.24 bits per heavy atom. The highest BCUT2D eigenvalue weighted by Crippen LogP contribution is 2.46. The number of para-hydroxylation sites is 1. The molecule has 1 saturated carbocycles. The van der Waals surface area contributed by atoms with E-state index in [1.165, 1.54) is 0 Å². The summed E-state index contributed by atoms with van der Waals surface area (Å²) in [5.74, 6) is -1.39. The third kappa shape index (κ3) is 2.46. The van der Waals surface area contributed by atoms with Crippen LogP contribution in [0.25, 0.3) is 10.9 Å². The maximum absolute atomic E-state index is 11.9. The van der Waals surface area contributed by atoms with Gasteiger partial charge in [-0.1, -0.05) is 24.3 Å². The van der Waals surface area contributed by atoms with Crippen molar-refractivity contribution in [3.8, 4) is 0 Å². The SMILES string of the molecule is O=C(O)C1(C(=O)NCCc2cccc3cccnc23)CC1. The molecule has 1 heterocycles. The van der Waals surface area contributed by atoms with Gasteiger partial charge in [-0.2, -0.15) is 0 Å². The molecule has 1 fully saturated rings. The number of hydrogen-bond donors (Lipinski definition) is 2. The zero-order chi connectivity index (χ0) is 14.9. The van der Waals surface area contributed by atoms with Crippen molar-refractivity contribution in [2.75, 3.05) is 6.54 Å². The molecule has 0 spiro atoms. The number of carboxylic acid groups (broad SMARTS) is 1. The van der Waals surface area contributed by atoms with E-state index in [1.54, 1.807) is 6.20 Å². The summed E-state index contributed by atoms with van der Waals surface area (Å²) in [5.41, 5.74) is 0.805. The monoisotopic (exact) mass is 284 g/mol. The summed E-state index contributed by atoms with van der Waals surface area (Å²) in [6, 6.07) is 9.81. The molecule has 2 N–H and O–H groups in total. The third-order valence-corrected chi connectivity index (χ3v) is 3.99. The third-order valence-electron chi connectivity index (χ3n) is 3.99. The number of carbonyl (C=O) groups excluding carboxylic acids is 1. The Morgan fingerprint density at radius 3 is 2.71 bits per heavy atom. The minimum absolute atomic E-state index is 0.372. The first-order valence-corrected chi connectivity index (χ1v) is 6.98. The minimum Gasteiger partial charge on any atom is -0.480 e. The molecule has 5 nitrogen and oxygen atoms in total. The van der Waals surface area contributed by atoms with Gasteiger partial charge in [-0.25, -0.2) is 0 Å². The lowest BCUT2D eigenvalue weighted by Gasteiger charge is -2.11. The fraction of sp³-hybridized carbons (Fsp3) is 0.312. The van der Waals surface area contributed by atoms with Crippen molar-refractivity contribution in [1.82, 2.24) is 10.3 Å². The van der Waals surface area contributed by atoms with Crippen molar-refractivity contribution in [2.24, 2.45) is 5.41 Å². The molecule has 3 rings (SSSR count). The van der Waals surface area contributed by atoms with E-state index in [-0.39, 0.29) is 5.91 Å². The normalized spacial score (nSPS) is 15.6. The highest BCUT2D eigenvalue weighted by Gasteiger charge is 2.56. The van der Waals surface area contributed by atoms with Gasteiger partial charge < -0.3 is 10.4 Å². The van der Waals surface area contributed by atoms with Gasteiger partial charge in [0.15, 0.2) is 0 Å². The maximum atomic E-state index is 11.9. The van der Waals surface area contributed by atoms with Gasteiger partial charge in [-0.05, 0) is 30.9 Å². The lowest BCUT2D eigenvalue weighted by molar-refractivity contribution is -0.149. The average Bonchev–Trinajstić information content (AvgIpc) is 3.29. The highest BCUT2D eigenvalue weighted by atomic mass is 16.4. The van der Waals surface area contributed by atoms with E-state index in [1.807, 2.05) is 30.3 Å². The molecule has 0 aliphatic heterocycles. The van der Waals surface area contributed by atoms with Gasteiger partial charge in [-0.3, -0.25) is 14.6 Å². The second-order valence-corrected chi connectivity index (χ2v) is 5.39. The largest absolute Gasteiger partial charge is 0.480 e. The Balaban J connectivity index is 1.65. The summed E-state index contributed by atoms with van der Waals surface area (Å²) in [7, 11) is 0. The quantitative estimate of drug-likeness (QED) is 0.820. The van der Waals surface area contributed by atoms with Crippen molar-refractivity contribution in [3.63, 3.8) is 0 Å². The van der Waals surface area contributed by atoms with Crippen LogP contribution >= 0.6 is 0 Å². The molecule has 1 aromatic heterocycles. The molecule has 0 unspecified atom stereocenters. The minimum atomic E-state index is -1.17. The van der Waals surface area contributed by atoms with Crippen molar-refractivity contribution < 1.29 is 14.7 Å². The highest BCUT2D eigenvalue weighted by molar-refractivity contribution is 6.04. The zero-order valence-electron chi connectivity index (χ0n) is 11.5. The average molecular weight is 284 g/mol. The van der Waals surface area contributed by atoms with E-state index in [0.29, 0.717) is 25.8 Å². The smallest absolute Gasteiger partial charge is 0.319 e. The number of aliphatic carboxylic acids is 1. The number of aromatic nitrogens is 1. The van der Waals surface area contributed by atoms with E-state index >= 15 is 0 Å². The predicted molar refractivity (Wildman–Crippen MR) is 77.8 cm³/mol. The van der Waals surface area contributed by atoms with Gasteiger partial charge in [-0.15, -0.1) is 0 Å². The lowest BCUT2D eigenvalue weighted by Crippen LogP contribution is -2.37. The van der Waals surface area contributed by atoms with Gasteiger partial charge in [0.25, 0.3) is 0 Å². The summed E-state index contributed by atoms with van der Waals surface area (Å²) < 4.78 is 0. The van der Waals surface area contributed by atoms with Crippen LogP contribution in [0.15, 0.2) is 36.5 Å². The molecule has 108 valence electrons. The van der Waals surface area contributed by atoms with Crippen LogP contribution in [-0.2, 0) is 16.0 Å². The van der Waals surface area contributed by atoms with E-state index < -0.39 is 11.4 Å². The fourth-order valence-corrected chi connectivity index (χ4v) is 2.51. The molecular formula is C16H16N2O3. The molecule has 0 atom stereocenters.